The molecule has 1 aromatic carbocycles. The number of carbonyl (C=O) groups is 1. The van der Waals surface area contributed by atoms with Crippen LogP contribution in [-0.2, 0) is 11.3 Å². The summed E-state index contributed by atoms with van der Waals surface area (Å²) in [6, 6.07) is 12.3. The van der Waals surface area contributed by atoms with Gasteiger partial charge >= 0.3 is 6.09 Å². The van der Waals surface area contributed by atoms with Crippen molar-refractivity contribution in [1.29, 1.82) is 0 Å². The van der Waals surface area contributed by atoms with E-state index in [4.69, 9.17) is 4.74 Å². The summed E-state index contributed by atoms with van der Waals surface area (Å²) in [5.74, 6) is 0. The van der Waals surface area contributed by atoms with Crippen molar-refractivity contribution < 1.29 is 9.53 Å². The molecule has 3 rings (SSSR count). The summed E-state index contributed by atoms with van der Waals surface area (Å²) in [6.45, 7) is 6.33. The molecule has 1 fully saturated rings. The first-order valence-electron chi connectivity index (χ1n) is 8.07. The summed E-state index contributed by atoms with van der Waals surface area (Å²) in [5.41, 5.74) is 2.53. The minimum atomic E-state index is -0.207. The number of hydrogen-bond acceptors (Lipinski definition) is 3. The smallest absolute Gasteiger partial charge is 0.409 e. The number of ether oxygens (including phenoxy) is 1. The Morgan fingerprint density at radius 3 is 2.43 bits per heavy atom. The van der Waals surface area contributed by atoms with E-state index >= 15 is 0 Å². The zero-order valence-electron chi connectivity index (χ0n) is 13.5. The molecule has 1 aliphatic heterocycles. The van der Waals surface area contributed by atoms with Gasteiger partial charge in [0.15, 0.2) is 0 Å². The normalized spacial score (nSPS) is 14.8. The molecule has 122 valence electrons. The number of para-hydroxylation sites is 1. The lowest BCUT2D eigenvalue weighted by molar-refractivity contribution is 0.0970. The van der Waals surface area contributed by atoms with Crippen LogP contribution >= 0.6 is 0 Å². The first-order valence-corrected chi connectivity index (χ1v) is 8.07. The third-order valence-corrected chi connectivity index (χ3v) is 4.24. The van der Waals surface area contributed by atoms with Crippen molar-refractivity contribution >= 4 is 11.8 Å². The molecule has 1 amide bonds. The Hall–Kier alpha value is -2.43. The molecule has 0 spiro atoms. The second-order valence-corrected chi connectivity index (χ2v) is 5.80. The number of piperazine rings is 1. The quantitative estimate of drug-likeness (QED) is 0.871. The third kappa shape index (κ3) is 3.86. The van der Waals surface area contributed by atoms with Crippen molar-refractivity contribution in [2.75, 3.05) is 37.7 Å². The van der Waals surface area contributed by atoms with Crippen LogP contribution in [0.1, 0.15) is 5.56 Å². The van der Waals surface area contributed by atoms with Crippen LogP contribution in [-0.4, -0.2) is 48.3 Å². The van der Waals surface area contributed by atoms with Gasteiger partial charge in [-0.05, 0) is 30.7 Å². The van der Waals surface area contributed by atoms with Gasteiger partial charge in [-0.2, -0.15) is 0 Å². The molecule has 5 heteroatoms. The molecular weight excluding hydrogens is 290 g/mol. The van der Waals surface area contributed by atoms with Crippen LogP contribution in [0, 0.1) is 6.92 Å². The van der Waals surface area contributed by atoms with Crippen LogP contribution in [0.15, 0.2) is 48.8 Å². The number of aromatic nitrogens is 1. The zero-order chi connectivity index (χ0) is 16.1. The van der Waals surface area contributed by atoms with Gasteiger partial charge in [0.1, 0.15) is 6.61 Å². The van der Waals surface area contributed by atoms with Crippen molar-refractivity contribution in [2.45, 2.75) is 13.5 Å². The highest BCUT2D eigenvalue weighted by Crippen LogP contribution is 2.20. The van der Waals surface area contributed by atoms with Gasteiger partial charge in [0.05, 0.1) is 6.54 Å². The maximum absolute atomic E-state index is 12.1. The Morgan fingerprint density at radius 1 is 1.04 bits per heavy atom. The maximum Gasteiger partial charge on any atom is 0.409 e. The lowest BCUT2D eigenvalue weighted by Gasteiger charge is -2.36. The van der Waals surface area contributed by atoms with E-state index in [1.807, 2.05) is 29.1 Å². The SMILES string of the molecule is Cc1ccccc1N1CCN(C(=O)OCCn2cccc2)CC1. The number of aryl methyl sites for hydroxylation is 1. The highest BCUT2D eigenvalue weighted by Gasteiger charge is 2.22. The molecule has 0 aliphatic carbocycles. The molecule has 1 saturated heterocycles. The third-order valence-electron chi connectivity index (χ3n) is 4.24. The van der Waals surface area contributed by atoms with Crippen molar-refractivity contribution in [3.8, 4) is 0 Å². The van der Waals surface area contributed by atoms with Gasteiger partial charge in [-0.1, -0.05) is 18.2 Å². The lowest BCUT2D eigenvalue weighted by Crippen LogP contribution is -2.49. The van der Waals surface area contributed by atoms with E-state index in [-0.39, 0.29) is 6.09 Å². The summed E-state index contributed by atoms with van der Waals surface area (Å²) in [4.78, 5) is 16.2. The summed E-state index contributed by atoms with van der Waals surface area (Å²) in [5, 5.41) is 0. The van der Waals surface area contributed by atoms with Crippen LogP contribution < -0.4 is 4.90 Å². The van der Waals surface area contributed by atoms with Gasteiger partial charge in [-0.15, -0.1) is 0 Å². The Bertz CT molecular complexity index is 631. The molecule has 0 unspecified atom stereocenters. The largest absolute Gasteiger partial charge is 0.448 e. The summed E-state index contributed by atoms with van der Waals surface area (Å²) >= 11 is 0. The molecule has 0 saturated carbocycles. The van der Waals surface area contributed by atoms with E-state index in [2.05, 4.69) is 36.1 Å². The van der Waals surface area contributed by atoms with Crippen molar-refractivity contribution in [1.82, 2.24) is 9.47 Å². The standard InChI is InChI=1S/C18H23N3O2/c1-16-6-2-3-7-17(16)20-10-12-21(13-11-20)18(22)23-15-14-19-8-4-5-9-19/h2-9H,10-15H2,1H3. The van der Waals surface area contributed by atoms with E-state index in [0.29, 0.717) is 26.2 Å². The minimum absolute atomic E-state index is 0.207. The van der Waals surface area contributed by atoms with Crippen LogP contribution in [0.2, 0.25) is 0 Å². The van der Waals surface area contributed by atoms with Gasteiger partial charge < -0.3 is 19.1 Å². The van der Waals surface area contributed by atoms with Crippen molar-refractivity contribution in [3.05, 3.63) is 54.4 Å². The first-order chi connectivity index (χ1) is 11.2. The fourth-order valence-corrected chi connectivity index (χ4v) is 2.90. The molecule has 1 aliphatic rings. The Kier molecular flexibility index (Phi) is 4.86. The van der Waals surface area contributed by atoms with Crippen LogP contribution in [0.3, 0.4) is 0 Å². The van der Waals surface area contributed by atoms with E-state index in [1.165, 1.54) is 11.3 Å². The van der Waals surface area contributed by atoms with Crippen molar-refractivity contribution in [2.24, 2.45) is 0 Å². The molecule has 0 radical (unpaired) electrons. The number of anilines is 1. The highest BCUT2D eigenvalue weighted by atomic mass is 16.6. The second kappa shape index (κ2) is 7.22. The number of hydrogen-bond donors (Lipinski definition) is 0. The Balaban J connectivity index is 1.45. The molecule has 0 atom stereocenters. The number of rotatable bonds is 4. The molecule has 2 aromatic rings. The number of amides is 1. The topological polar surface area (TPSA) is 37.7 Å². The minimum Gasteiger partial charge on any atom is -0.448 e. The molecule has 1 aromatic heterocycles. The number of carbonyl (C=O) groups excluding carboxylic acids is 1. The fourth-order valence-electron chi connectivity index (χ4n) is 2.90. The van der Waals surface area contributed by atoms with Gasteiger partial charge in [-0.25, -0.2) is 4.79 Å². The Labute approximate surface area is 137 Å². The summed E-state index contributed by atoms with van der Waals surface area (Å²) in [7, 11) is 0. The van der Waals surface area contributed by atoms with Crippen molar-refractivity contribution in [3.63, 3.8) is 0 Å². The van der Waals surface area contributed by atoms with Crippen LogP contribution in [0.25, 0.3) is 0 Å². The zero-order valence-corrected chi connectivity index (χ0v) is 13.5. The van der Waals surface area contributed by atoms with E-state index in [9.17, 15) is 4.79 Å². The molecular formula is C18H23N3O2. The van der Waals surface area contributed by atoms with Gasteiger partial charge in [0.2, 0.25) is 0 Å². The lowest BCUT2D eigenvalue weighted by atomic mass is 10.1. The monoisotopic (exact) mass is 313 g/mol. The maximum atomic E-state index is 12.1. The van der Waals surface area contributed by atoms with Crippen LogP contribution in [0.5, 0.6) is 0 Å². The van der Waals surface area contributed by atoms with E-state index in [1.54, 1.807) is 4.90 Å². The predicted molar refractivity (Wildman–Crippen MR) is 90.7 cm³/mol. The number of nitrogens with zero attached hydrogens (tertiary/aromatic N) is 3. The van der Waals surface area contributed by atoms with Crippen LogP contribution in [0.4, 0.5) is 10.5 Å². The molecule has 5 nitrogen and oxygen atoms in total. The van der Waals surface area contributed by atoms with E-state index in [0.717, 1.165) is 13.1 Å². The Morgan fingerprint density at radius 2 is 1.74 bits per heavy atom. The predicted octanol–water partition coefficient (Wildman–Crippen LogP) is 2.76. The first kappa shape index (κ1) is 15.5. The average Bonchev–Trinajstić information content (AvgIpc) is 3.09. The highest BCUT2D eigenvalue weighted by molar-refractivity contribution is 5.68. The average molecular weight is 313 g/mol. The van der Waals surface area contributed by atoms with E-state index < -0.39 is 0 Å². The summed E-state index contributed by atoms with van der Waals surface area (Å²) < 4.78 is 7.37. The second-order valence-electron chi connectivity index (χ2n) is 5.80. The molecule has 0 bridgehead atoms. The molecule has 23 heavy (non-hydrogen) atoms. The van der Waals surface area contributed by atoms with Gasteiger partial charge in [0, 0.05) is 44.3 Å². The van der Waals surface area contributed by atoms with Gasteiger partial charge in [-0.3, -0.25) is 0 Å². The fraction of sp³-hybridized carbons (Fsp3) is 0.389. The number of benzene rings is 1. The molecule has 2 heterocycles. The molecule has 0 N–H and O–H groups in total. The summed E-state index contributed by atoms with van der Waals surface area (Å²) in [6.07, 6.45) is 3.73. The van der Waals surface area contributed by atoms with Gasteiger partial charge in [0.25, 0.3) is 0 Å².